The summed E-state index contributed by atoms with van der Waals surface area (Å²) in [6.45, 7) is 1.94. The maximum absolute atomic E-state index is 8.89. The second-order valence-corrected chi connectivity index (χ2v) is 2.65. The average Bonchev–Trinajstić information content (AvgIpc) is 2.03. The Kier molecular flexibility index (Phi) is 2.78. The number of hydrogen-bond donors (Lipinski definition) is 3. The van der Waals surface area contributed by atoms with Crippen LogP contribution in [0.4, 0.5) is 0 Å². The van der Waals surface area contributed by atoms with Gasteiger partial charge in [0, 0.05) is 11.5 Å². The lowest BCUT2D eigenvalue weighted by Gasteiger charge is -2.20. The Morgan fingerprint density at radius 1 is 1.58 bits per heavy atom. The first-order chi connectivity index (χ1) is 5.65. The molecule has 0 aliphatic carbocycles. The molecule has 0 saturated heterocycles. The summed E-state index contributed by atoms with van der Waals surface area (Å²) in [5.74, 6) is 0.417. The van der Waals surface area contributed by atoms with Crippen molar-refractivity contribution in [3.05, 3.63) is 23.5 Å². The normalized spacial score (nSPS) is 22.2. The van der Waals surface area contributed by atoms with Crippen LogP contribution in [0.5, 0.6) is 0 Å². The van der Waals surface area contributed by atoms with E-state index >= 15 is 0 Å². The minimum Gasteiger partial charge on any atom is -0.483 e. The molecule has 1 rings (SSSR count). The summed E-state index contributed by atoms with van der Waals surface area (Å²) < 4.78 is 4.93. The number of allylic oxidation sites excluding steroid dienone is 2. The van der Waals surface area contributed by atoms with E-state index in [-0.39, 0.29) is 6.04 Å². The molecule has 0 fully saturated rings. The molecule has 0 aromatic carbocycles. The van der Waals surface area contributed by atoms with Gasteiger partial charge in [-0.25, -0.2) is 0 Å². The number of dihydropyridines is 1. The van der Waals surface area contributed by atoms with Gasteiger partial charge in [-0.1, -0.05) is 12.2 Å². The van der Waals surface area contributed by atoms with Crippen LogP contribution in [-0.2, 0) is 4.74 Å². The Morgan fingerprint density at radius 2 is 2.25 bits per heavy atom. The molecule has 66 valence electrons. The lowest BCUT2D eigenvalue weighted by atomic mass is 9.78. The molecule has 1 atom stereocenters. The lowest BCUT2D eigenvalue weighted by Crippen LogP contribution is -2.32. The number of ether oxygens (including phenoxy) is 1. The lowest BCUT2D eigenvalue weighted by molar-refractivity contribution is 0.251. The summed E-state index contributed by atoms with van der Waals surface area (Å²) >= 11 is 0. The van der Waals surface area contributed by atoms with E-state index in [1.165, 1.54) is 7.11 Å². The third-order valence-electron chi connectivity index (χ3n) is 1.67. The van der Waals surface area contributed by atoms with Gasteiger partial charge in [-0.3, -0.25) is 0 Å². The van der Waals surface area contributed by atoms with E-state index in [1.54, 1.807) is 6.08 Å². The second-order valence-electron chi connectivity index (χ2n) is 2.65. The largest absolute Gasteiger partial charge is 0.493 e. The molecule has 1 aliphatic rings. The summed E-state index contributed by atoms with van der Waals surface area (Å²) in [7, 11) is -0.00690. The van der Waals surface area contributed by atoms with Gasteiger partial charge >= 0.3 is 7.12 Å². The molecule has 0 amide bonds. The van der Waals surface area contributed by atoms with Crippen LogP contribution in [0.3, 0.4) is 0 Å². The van der Waals surface area contributed by atoms with Crippen molar-refractivity contribution in [3.63, 3.8) is 0 Å². The van der Waals surface area contributed by atoms with Gasteiger partial charge in [0.25, 0.3) is 0 Å². The van der Waals surface area contributed by atoms with Crippen LogP contribution in [0.2, 0.25) is 0 Å². The molecular formula is C7H12BNO3. The van der Waals surface area contributed by atoms with Gasteiger partial charge in [0.15, 0.2) is 5.88 Å². The Balaban J connectivity index is 2.85. The molecule has 1 unspecified atom stereocenters. The van der Waals surface area contributed by atoms with Gasteiger partial charge in [0.1, 0.15) is 0 Å². The zero-order valence-electron chi connectivity index (χ0n) is 7.11. The number of nitrogens with one attached hydrogen (secondary N) is 1. The maximum Gasteiger partial charge on any atom is 0.493 e. The van der Waals surface area contributed by atoms with Crippen LogP contribution in [0.15, 0.2) is 23.5 Å². The molecule has 0 bridgehead atoms. The van der Waals surface area contributed by atoms with Gasteiger partial charge in [-0.15, -0.1) is 0 Å². The van der Waals surface area contributed by atoms with Crippen molar-refractivity contribution in [3.8, 4) is 0 Å². The highest BCUT2D eigenvalue weighted by molar-refractivity contribution is 6.52. The van der Waals surface area contributed by atoms with Gasteiger partial charge in [-0.2, -0.15) is 0 Å². The summed E-state index contributed by atoms with van der Waals surface area (Å²) in [5, 5.41) is 20.7. The van der Waals surface area contributed by atoms with Crippen molar-refractivity contribution in [2.75, 3.05) is 7.11 Å². The maximum atomic E-state index is 8.89. The van der Waals surface area contributed by atoms with E-state index in [2.05, 4.69) is 5.32 Å². The summed E-state index contributed by atoms with van der Waals surface area (Å²) in [4.78, 5) is 0. The second kappa shape index (κ2) is 3.64. The Bertz CT molecular complexity index is 225. The van der Waals surface area contributed by atoms with E-state index in [4.69, 9.17) is 14.8 Å². The van der Waals surface area contributed by atoms with Crippen molar-refractivity contribution in [2.45, 2.75) is 13.0 Å². The highest BCUT2D eigenvalue weighted by atomic mass is 16.5. The Labute approximate surface area is 71.7 Å². The summed E-state index contributed by atoms with van der Waals surface area (Å²) in [5.41, 5.74) is 0.357. The molecule has 0 spiro atoms. The standard InChI is InChI=1S/C7H12BNO3/c1-5-3-4-6(8(10)11)7(9-5)12-2/h3-5,9-11H,1-2H3. The molecule has 0 saturated carbocycles. The third-order valence-corrected chi connectivity index (χ3v) is 1.67. The molecule has 4 nitrogen and oxygen atoms in total. The first-order valence-corrected chi connectivity index (χ1v) is 3.74. The monoisotopic (exact) mass is 169 g/mol. The molecule has 1 aliphatic heterocycles. The zero-order chi connectivity index (χ0) is 9.14. The molecule has 1 heterocycles. The van der Waals surface area contributed by atoms with E-state index < -0.39 is 7.12 Å². The van der Waals surface area contributed by atoms with Crippen LogP contribution >= 0.6 is 0 Å². The highest BCUT2D eigenvalue weighted by Crippen LogP contribution is 2.12. The fourth-order valence-corrected chi connectivity index (χ4v) is 1.04. The van der Waals surface area contributed by atoms with Crippen LogP contribution in [0.1, 0.15) is 6.92 Å². The van der Waals surface area contributed by atoms with Crippen molar-refractivity contribution in [1.29, 1.82) is 0 Å². The average molecular weight is 169 g/mol. The molecule has 0 radical (unpaired) electrons. The minimum atomic E-state index is -1.49. The van der Waals surface area contributed by atoms with Crippen LogP contribution < -0.4 is 5.32 Å². The van der Waals surface area contributed by atoms with Crippen LogP contribution in [-0.4, -0.2) is 30.3 Å². The van der Waals surface area contributed by atoms with E-state index in [0.717, 1.165) is 0 Å². The third kappa shape index (κ3) is 1.81. The smallest absolute Gasteiger partial charge is 0.483 e. The van der Waals surface area contributed by atoms with Gasteiger partial charge in [-0.05, 0) is 6.92 Å². The molecule has 0 aromatic rings. The van der Waals surface area contributed by atoms with Crippen LogP contribution in [0.25, 0.3) is 0 Å². The first-order valence-electron chi connectivity index (χ1n) is 3.74. The topological polar surface area (TPSA) is 61.7 Å². The van der Waals surface area contributed by atoms with Gasteiger partial charge in [0.05, 0.1) is 7.11 Å². The predicted octanol–water partition coefficient (Wildman–Crippen LogP) is -0.596. The van der Waals surface area contributed by atoms with Gasteiger partial charge in [0.2, 0.25) is 0 Å². The molecule has 0 aromatic heterocycles. The van der Waals surface area contributed by atoms with E-state index in [1.807, 2.05) is 13.0 Å². The zero-order valence-corrected chi connectivity index (χ0v) is 7.11. The molecular weight excluding hydrogens is 157 g/mol. The fraction of sp³-hybridized carbons (Fsp3) is 0.429. The molecule has 5 heteroatoms. The van der Waals surface area contributed by atoms with E-state index in [9.17, 15) is 0 Å². The Morgan fingerprint density at radius 3 is 2.75 bits per heavy atom. The Hall–Kier alpha value is -0.935. The van der Waals surface area contributed by atoms with Crippen LogP contribution in [0, 0.1) is 0 Å². The molecule has 3 N–H and O–H groups in total. The number of methoxy groups -OCH3 is 1. The van der Waals surface area contributed by atoms with Crippen molar-refractivity contribution in [2.24, 2.45) is 0 Å². The number of hydrogen-bond acceptors (Lipinski definition) is 4. The first kappa shape index (κ1) is 9.16. The predicted molar refractivity (Wildman–Crippen MR) is 46.0 cm³/mol. The van der Waals surface area contributed by atoms with E-state index in [0.29, 0.717) is 11.4 Å². The quantitative estimate of drug-likeness (QED) is 0.483. The highest BCUT2D eigenvalue weighted by Gasteiger charge is 2.22. The minimum absolute atomic E-state index is 0.155. The summed E-state index contributed by atoms with van der Waals surface area (Å²) in [6.07, 6.45) is 3.47. The van der Waals surface area contributed by atoms with Crippen molar-refractivity contribution < 1.29 is 14.8 Å². The fourth-order valence-electron chi connectivity index (χ4n) is 1.04. The molecule has 12 heavy (non-hydrogen) atoms. The van der Waals surface area contributed by atoms with Crippen molar-refractivity contribution >= 4 is 7.12 Å². The number of rotatable bonds is 2. The SMILES string of the molecule is COC1=C(B(O)O)C=CC(C)N1. The van der Waals surface area contributed by atoms with Gasteiger partial charge < -0.3 is 20.1 Å². The van der Waals surface area contributed by atoms with Crippen molar-refractivity contribution in [1.82, 2.24) is 5.32 Å². The summed E-state index contributed by atoms with van der Waals surface area (Å²) in [6, 6.07) is 0.155.